The molecule has 1 aliphatic heterocycles. The van der Waals surface area contributed by atoms with Crippen molar-refractivity contribution in [1.29, 1.82) is 0 Å². The predicted molar refractivity (Wildman–Crippen MR) is 82.7 cm³/mol. The standard InChI is InChI=1S/C16H24N2O3/c1-14(17-11-4-2-3-5-12-17)10-13-21-16-8-6-15(7-9-16)18(19)20/h6-9,14H,2-5,10-13H2,1H3. The van der Waals surface area contributed by atoms with E-state index >= 15 is 0 Å². The van der Waals surface area contributed by atoms with E-state index in [0.717, 1.165) is 6.42 Å². The molecule has 0 saturated carbocycles. The van der Waals surface area contributed by atoms with Gasteiger partial charge in [0.1, 0.15) is 5.75 Å². The van der Waals surface area contributed by atoms with Crippen LogP contribution < -0.4 is 4.74 Å². The van der Waals surface area contributed by atoms with Gasteiger partial charge < -0.3 is 9.64 Å². The third-order valence-electron chi connectivity index (χ3n) is 4.12. The minimum Gasteiger partial charge on any atom is -0.494 e. The van der Waals surface area contributed by atoms with Crippen molar-refractivity contribution in [3.05, 3.63) is 34.4 Å². The zero-order valence-electron chi connectivity index (χ0n) is 12.7. The van der Waals surface area contributed by atoms with Crippen LogP contribution in [0.2, 0.25) is 0 Å². The molecular formula is C16H24N2O3. The highest BCUT2D eigenvalue weighted by Gasteiger charge is 2.15. The van der Waals surface area contributed by atoms with Crippen LogP contribution in [0.3, 0.4) is 0 Å². The van der Waals surface area contributed by atoms with Gasteiger partial charge in [0, 0.05) is 18.2 Å². The fourth-order valence-corrected chi connectivity index (χ4v) is 2.73. The van der Waals surface area contributed by atoms with Crippen LogP contribution in [0, 0.1) is 10.1 Å². The lowest BCUT2D eigenvalue weighted by molar-refractivity contribution is -0.384. The highest BCUT2D eigenvalue weighted by atomic mass is 16.6. The normalized spacial score (nSPS) is 18.0. The monoisotopic (exact) mass is 292 g/mol. The molecule has 1 aliphatic rings. The number of likely N-dealkylation sites (tertiary alicyclic amines) is 1. The van der Waals surface area contributed by atoms with Crippen molar-refractivity contribution in [3.8, 4) is 5.75 Å². The molecule has 0 amide bonds. The first-order chi connectivity index (χ1) is 10.2. The van der Waals surface area contributed by atoms with Crippen molar-refractivity contribution in [2.45, 2.75) is 45.1 Å². The van der Waals surface area contributed by atoms with E-state index in [4.69, 9.17) is 4.74 Å². The number of benzene rings is 1. The molecule has 5 nitrogen and oxygen atoms in total. The van der Waals surface area contributed by atoms with Crippen molar-refractivity contribution in [1.82, 2.24) is 4.90 Å². The van der Waals surface area contributed by atoms with Gasteiger partial charge >= 0.3 is 0 Å². The Morgan fingerprint density at radius 2 is 1.81 bits per heavy atom. The third-order valence-corrected chi connectivity index (χ3v) is 4.12. The van der Waals surface area contributed by atoms with Crippen LogP contribution in [0.4, 0.5) is 5.69 Å². The summed E-state index contributed by atoms with van der Waals surface area (Å²) in [5, 5.41) is 10.6. The lowest BCUT2D eigenvalue weighted by Gasteiger charge is -2.27. The smallest absolute Gasteiger partial charge is 0.269 e. The molecule has 0 N–H and O–H groups in total. The Morgan fingerprint density at radius 1 is 1.19 bits per heavy atom. The van der Waals surface area contributed by atoms with Gasteiger partial charge in [0.05, 0.1) is 11.5 Å². The molecule has 0 spiro atoms. The first-order valence-electron chi connectivity index (χ1n) is 7.78. The van der Waals surface area contributed by atoms with Crippen molar-refractivity contribution in [3.63, 3.8) is 0 Å². The number of nitro groups is 1. The molecule has 1 fully saturated rings. The lowest BCUT2D eigenvalue weighted by atomic mass is 10.2. The molecule has 21 heavy (non-hydrogen) atoms. The van der Waals surface area contributed by atoms with Gasteiger partial charge in [-0.25, -0.2) is 0 Å². The van der Waals surface area contributed by atoms with E-state index in [1.54, 1.807) is 12.1 Å². The maximum atomic E-state index is 10.6. The van der Waals surface area contributed by atoms with Gasteiger partial charge in [0.2, 0.25) is 0 Å². The first kappa shape index (κ1) is 15.8. The third kappa shape index (κ3) is 5.01. The summed E-state index contributed by atoms with van der Waals surface area (Å²) in [6.07, 6.45) is 6.28. The molecule has 1 aromatic carbocycles. The summed E-state index contributed by atoms with van der Waals surface area (Å²) in [6, 6.07) is 6.81. The van der Waals surface area contributed by atoms with Crippen LogP contribution in [0.5, 0.6) is 5.75 Å². The molecular weight excluding hydrogens is 268 g/mol. The van der Waals surface area contributed by atoms with E-state index in [-0.39, 0.29) is 5.69 Å². The van der Waals surface area contributed by atoms with Crippen molar-refractivity contribution in [2.75, 3.05) is 19.7 Å². The summed E-state index contributed by atoms with van der Waals surface area (Å²) in [6.45, 7) is 5.29. The number of hydrogen-bond donors (Lipinski definition) is 0. The van der Waals surface area contributed by atoms with Gasteiger partial charge in [-0.3, -0.25) is 10.1 Å². The molecule has 1 aromatic rings. The van der Waals surface area contributed by atoms with Crippen LogP contribution in [-0.2, 0) is 0 Å². The summed E-state index contributed by atoms with van der Waals surface area (Å²) in [5.41, 5.74) is 0.0975. The zero-order chi connectivity index (χ0) is 15.1. The Hall–Kier alpha value is -1.62. The second kappa shape index (κ2) is 7.98. The van der Waals surface area contributed by atoms with Gasteiger partial charge in [-0.05, 0) is 51.4 Å². The molecule has 0 bridgehead atoms. The Kier molecular flexibility index (Phi) is 5.99. The van der Waals surface area contributed by atoms with E-state index in [0.29, 0.717) is 18.4 Å². The fourth-order valence-electron chi connectivity index (χ4n) is 2.73. The highest BCUT2D eigenvalue weighted by Crippen LogP contribution is 2.18. The predicted octanol–water partition coefficient (Wildman–Crippen LogP) is 3.63. The zero-order valence-corrected chi connectivity index (χ0v) is 12.7. The maximum absolute atomic E-state index is 10.6. The topological polar surface area (TPSA) is 55.6 Å². The van der Waals surface area contributed by atoms with Crippen molar-refractivity contribution < 1.29 is 9.66 Å². The van der Waals surface area contributed by atoms with Gasteiger partial charge in [-0.2, -0.15) is 0 Å². The Balaban J connectivity index is 1.74. The lowest BCUT2D eigenvalue weighted by Crippen LogP contribution is -2.34. The number of nitro benzene ring substituents is 1. The summed E-state index contributed by atoms with van der Waals surface area (Å²) < 4.78 is 5.68. The molecule has 1 atom stereocenters. The molecule has 1 unspecified atom stereocenters. The van der Waals surface area contributed by atoms with E-state index in [1.165, 1.54) is 50.9 Å². The van der Waals surface area contributed by atoms with Gasteiger partial charge in [0.15, 0.2) is 0 Å². The second-order valence-electron chi connectivity index (χ2n) is 5.69. The minimum atomic E-state index is -0.398. The molecule has 1 heterocycles. The molecule has 5 heteroatoms. The average molecular weight is 292 g/mol. The highest BCUT2D eigenvalue weighted by molar-refractivity contribution is 5.35. The molecule has 0 radical (unpaired) electrons. The number of rotatable bonds is 6. The summed E-state index contributed by atoms with van der Waals surface area (Å²) in [7, 11) is 0. The largest absolute Gasteiger partial charge is 0.494 e. The number of ether oxygens (including phenoxy) is 1. The average Bonchev–Trinajstić information content (AvgIpc) is 2.77. The first-order valence-corrected chi connectivity index (χ1v) is 7.78. The SMILES string of the molecule is CC(CCOc1ccc([N+](=O)[O-])cc1)N1CCCCCC1. The summed E-state index contributed by atoms with van der Waals surface area (Å²) >= 11 is 0. The Labute approximate surface area is 126 Å². The van der Waals surface area contributed by atoms with Gasteiger partial charge in [-0.1, -0.05) is 12.8 Å². The minimum absolute atomic E-state index is 0.0975. The van der Waals surface area contributed by atoms with E-state index in [9.17, 15) is 10.1 Å². The van der Waals surface area contributed by atoms with Crippen molar-refractivity contribution >= 4 is 5.69 Å². The number of non-ortho nitro benzene ring substituents is 1. The Morgan fingerprint density at radius 3 is 2.38 bits per heavy atom. The molecule has 2 rings (SSSR count). The Bertz CT molecular complexity index is 439. The molecule has 0 aliphatic carbocycles. The maximum Gasteiger partial charge on any atom is 0.269 e. The van der Waals surface area contributed by atoms with Gasteiger partial charge in [0.25, 0.3) is 5.69 Å². The van der Waals surface area contributed by atoms with Crippen LogP contribution in [0.1, 0.15) is 39.0 Å². The van der Waals surface area contributed by atoms with Gasteiger partial charge in [-0.15, -0.1) is 0 Å². The quantitative estimate of drug-likeness (QED) is 0.593. The number of hydrogen-bond acceptors (Lipinski definition) is 4. The van der Waals surface area contributed by atoms with Crippen LogP contribution in [-0.4, -0.2) is 35.6 Å². The molecule has 1 saturated heterocycles. The molecule has 0 aromatic heterocycles. The van der Waals surface area contributed by atoms with Crippen LogP contribution in [0.25, 0.3) is 0 Å². The second-order valence-corrected chi connectivity index (χ2v) is 5.69. The number of nitrogens with zero attached hydrogens (tertiary/aromatic N) is 2. The fraction of sp³-hybridized carbons (Fsp3) is 0.625. The van der Waals surface area contributed by atoms with E-state index in [2.05, 4.69) is 11.8 Å². The van der Waals surface area contributed by atoms with Crippen LogP contribution >= 0.6 is 0 Å². The summed E-state index contributed by atoms with van der Waals surface area (Å²) in [5.74, 6) is 0.698. The van der Waals surface area contributed by atoms with Crippen LogP contribution in [0.15, 0.2) is 24.3 Å². The van der Waals surface area contributed by atoms with E-state index in [1.807, 2.05) is 0 Å². The summed E-state index contributed by atoms with van der Waals surface area (Å²) in [4.78, 5) is 12.7. The van der Waals surface area contributed by atoms with E-state index < -0.39 is 4.92 Å². The van der Waals surface area contributed by atoms with Crippen molar-refractivity contribution in [2.24, 2.45) is 0 Å². The molecule has 116 valence electrons.